The Morgan fingerprint density at radius 3 is 2.81 bits per heavy atom. The van der Waals surface area contributed by atoms with Gasteiger partial charge in [-0.3, -0.25) is 0 Å². The van der Waals surface area contributed by atoms with Crippen LogP contribution in [0.4, 0.5) is 4.79 Å². The van der Waals surface area contributed by atoms with Crippen molar-refractivity contribution < 1.29 is 14.7 Å². The number of urea groups is 1. The summed E-state index contributed by atoms with van der Waals surface area (Å²) in [5, 5.41) is 11.8. The number of hydrogen-bond acceptors (Lipinski definition) is 3. The van der Waals surface area contributed by atoms with Gasteiger partial charge in [0.25, 0.3) is 0 Å². The van der Waals surface area contributed by atoms with Crippen LogP contribution in [-0.2, 0) is 4.79 Å². The number of amides is 2. The zero-order valence-corrected chi connectivity index (χ0v) is 10.4. The molecule has 0 spiro atoms. The lowest BCUT2D eigenvalue weighted by Crippen LogP contribution is -2.51. The molecule has 5 nitrogen and oxygen atoms in total. The van der Waals surface area contributed by atoms with E-state index >= 15 is 0 Å². The van der Waals surface area contributed by atoms with Crippen molar-refractivity contribution in [3.8, 4) is 0 Å². The molecule has 0 aromatic rings. The highest BCUT2D eigenvalue weighted by atomic mass is 32.2. The van der Waals surface area contributed by atoms with Gasteiger partial charge in [-0.05, 0) is 6.42 Å². The quantitative estimate of drug-likeness (QED) is 0.779. The SMILES string of the molecule is CCC(NC(=O)N1CCSC(C)C1)C(=O)O. The van der Waals surface area contributed by atoms with Crippen molar-refractivity contribution in [2.75, 3.05) is 18.8 Å². The highest BCUT2D eigenvalue weighted by Gasteiger charge is 2.24. The number of rotatable bonds is 3. The van der Waals surface area contributed by atoms with Gasteiger partial charge in [-0.1, -0.05) is 13.8 Å². The number of carbonyl (C=O) groups excluding carboxylic acids is 1. The van der Waals surface area contributed by atoms with Crippen LogP contribution in [0.5, 0.6) is 0 Å². The minimum absolute atomic E-state index is 0.263. The number of carboxylic acid groups (broad SMARTS) is 1. The summed E-state index contributed by atoms with van der Waals surface area (Å²) >= 11 is 1.83. The molecule has 2 atom stereocenters. The van der Waals surface area contributed by atoms with Crippen LogP contribution < -0.4 is 5.32 Å². The largest absolute Gasteiger partial charge is 0.480 e. The second-order valence-corrected chi connectivity index (χ2v) is 5.42. The summed E-state index contributed by atoms with van der Waals surface area (Å²) in [5.41, 5.74) is 0. The lowest BCUT2D eigenvalue weighted by atomic mass is 10.2. The predicted molar refractivity (Wildman–Crippen MR) is 63.7 cm³/mol. The minimum Gasteiger partial charge on any atom is -0.480 e. The zero-order chi connectivity index (χ0) is 12.1. The second-order valence-electron chi connectivity index (χ2n) is 3.88. The van der Waals surface area contributed by atoms with Gasteiger partial charge in [-0.2, -0.15) is 11.8 Å². The summed E-state index contributed by atoms with van der Waals surface area (Å²) in [6.07, 6.45) is 0.402. The standard InChI is InChI=1S/C10H18N2O3S/c1-3-8(9(13)14)11-10(15)12-4-5-16-7(2)6-12/h7-8H,3-6H2,1-2H3,(H,11,15)(H,13,14). The Kier molecular flexibility index (Phi) is 4.92. The molecule has 2 unspecified atom stereocenters. The Hall–Kier alpha value is -0.910. The summed E-state index contributed by atoms with van der Waals surface area (Å²) in [4.78, 5) is 24.2. The van der Waals surface area contributed by atoms with Gasteiger partial charge in [-0.15, -0.1) is 0 Å². The van der Waals surface area contributed by atoms with Gasteiger partial charge < -0.3 is 15.3 Å². The summed E-state index contributed by atoms with van der Waals surface area (Å²) in [6, 6.07) is -1.04. The van der Waals surface area contributed by atoms with Crippen molar-refractivity contribution in [1.82, 2.24) is 10.2 Å². The van der Waals surface area contributed by atoms with E-state index in [9.17, 15) is 9.59 Å². The highest BCUT2D eigenvalue weighted by molar-refractivity contribution is 7.99. The summed E-state index contributed by atoms with van der Waals surface area (Å²) in [6.45, 7) is 5.19. The van der Waals surface area contributed by atoms with Crippen molar-refractivity contribution in [1.29, 1.82) is 0 Å². The topological polar surface area (TPSA) is 69.6 Å². The third-order valence-corrected chi connectivity index (χ3v) is 3.67. The van der Waals surface area contributed by atoms with Gasteiger partial charge in [0.1, 0.15) is 6.04 Å². The normalized spacial score (nSPS) is 22.6. The molecule has 1 heterocycles. The molecule has 2 amide bonds. The number of aliphatic carboxylic acids is 1. The molecule has 1 aliphatic rings. The first kappa shape index (κ1) is 13.2. The number of hydrogen-bond donors (Lipinski definition) is 2. The molecule has 1 fully saturated rings. The van der Waals surface area contributed by atoms with Crippen molar-refractivity contribution in [2.45, 2.75) is 31.6 Å². The van der Waals surface area contributed by atoms with E-state index in [2.05, 4.69) is 12.2 Å². The average molecular weight is 246 g/mol. The first-order chi connectivity index (χ1) is 7.54. The average Bonchev–Trinajstić information content (AvgIpc) is 2.25. The molecule has 0 radical (unpaired) electrons. The Morgan fingerprint density at radius 1 is 1.62 bits per heavy atom. The van der Waals surface area contributed by atoms with Crippen molar-refractivity contribution in [3.63, 3.8) is 0 Å². The minimum atomic E-state index is -0.977. The molecule has 92 valence electrons. The Labute approximate surface area is 99.6 Å². The molecular weight excluding hydrogens is 228 g/mol. The van der Waals surface area contributed by atoms with Crippen LogP contribution >= 0.6 is 11.8 Å². The number of carbonyl (C=O) groups is 2. The van der Waals surface area contributed by atoms with Crippen molar-refractivity contribution in [3.05, 3.63) is 0 Å². The summed E-state index contributed by atoms with van der Waals surface area (Å²) in [7, 11) is 0. The molecule has 2 N–H and O–H groups in total. The Bertz CT molecular complexity index is 273. The van der Waals surface area contributed by atoms with E-state index in [1.807, 2.05) is 11.8 Å². The monoisotopic (exact) mass is 246 g/mol. The molecule has 16 heavy (non-hydrogen) atoms. The maximum atomic E-state index is 11.8. The lowest BCUT2D eigenvalue weighted by Gasteiger charge is -2.31. The number of nitrogens with zero attached hydrogens (tertiary/aromatic N) is 1. The third kappa shape index (κ3) is 3.59. The molecule has 1 rings (SSSR count). The van der Waals surface area contributed by atoms with E-state index < -0.39 is 12.0 Å². The van der Waals surface area contributed by atoms with E-state index in [1.165, 1.54) is 0 Å². The molecule has 1 saturated heterocycles. The fourth-order valence-corrected chi connectivity index (χ4v) is 2.60. The first-order valence-corrected chi connectivity index (χ1v) is 6.49. The van der Waals surface area contributed by atoms with Crippen molar-refractivity contribution >= 4 is 23.8 Å². The van der Waals surface area contributed by atoms with E-state index in [4.69, 9.17) is 5.11 Å². The second kappa shape index (κ2) is 5.98. The Morgan fingerprint density at radius 2 is 2.31 bits per heavy atom. The molecular formula is C10H18N2O3S. The first-order valence-electron chi connectivity index (χ1n) is 5.44. The molecule has 0 saturated carbocycles. The molecule has 0 aromatic heterocycles. The van der Waals surface area contributed by atoms with Crippen LogP contribution in [0.25, 0.3) is 0 Å². The fraction of sp³-hybridized carbons (Fsp3) is 0.800. The van der Waals surface area contributed by atoms with Crippen LogP contribution in [0.1, 0.15) is 20.3 Å². The Balaban J connectivity index is 2.47. The number of nitrogens with one attached hydrogen (secondary N) is 1. The van der Waals surface area contributed by atoms with Crippen LogP contribution in [-0.4, -0.2) is 52.1 Å². The highest BCUT2D eigenvalue weighted by Crippen LogP contribution is 2.17. The van der Waals surface area contributed by atoms with E-state index in [1.54, 1.807) is 11.8 Å². The van der Waals surface area contributed by atoms with Gasteiger partial charge in [-0.25, -0.2) is 9.59 Å². The molecule has 0 bridgehead atoms. The lowest BCUT2D eigenvalue weighted by molar-refractivity contribution is -0.139. The molecule has 6 heteroatoms. The predicted octanol–water partition coefficient (Wildman–Crippen LogP) is 0.997. The van der Waals surface area contributed by atoms with Crippen LogP contribution in [0.3, 0.4) is 0 Å². The molecule has 0 aliphatic carbocycles. The van der Waals surface area contributed by atoms with Crippen LogP contribution in [0.2, 0.25) is 0 Å². The fourth-order valence-electron chi connectivity index (χ4n) is 1.58. The van der Waals surface area contributed by atoms with Gasteiger partial charge in [0.2, 0.25) is 0 Å². The van der Waals surface area contributed by atoms with E-state index in [0.29, 0.717) is 24.8 Å². The van der Waals surface area contributed by atoms with Crippen LogP contribution in [0.15, 0.2) is 0 Å². The number of carboxylic acids is 1. The summed E-state index contributed by atoms with van der Waals surface area (Å²) < 4.78 is 0. The zero-order valence-electron chi connectivity index (χ0n) is 9.60. The maximum absolute atomic E-state index is 11.8. The smallest absolute Gasteiger partial charge is 0.326 e. The van der Waals surface area contributed by atoms with Crippen molar-refractivity contribution in [2.24, 2.45) is 0 Å². The molecule has 1 aliphatic heterocycles. The van der Waals surface area contributed by atoms with E-state index in [0.717, 1.165) is 5.75 Å². The van der Waals surface area contributed by atoms with Gasteiger partial charge in [0, 0.05) is 24.1 Å². The van der Waals surface area contributed by atoms with Gasteiger partial charge in [0.05, 0.1) is 0 Å². The maximum Gasteiger partial charge on any atom is 0.326 e. The molecule has 0 aromatic carbocycles. The summed E-state index contributed by atoms with van der Waals surface area (Å²) in [5.74, 6) is -0.0615. The van der Waals surface area contributed by atoms with Crippen LogP contribution in [0, 0.1) is 0 Å². The van der Waals surface area contributed by atoms with Gasteiger partial charge in [0.15, 0.2) is 0 Å². The third-order valence-electron chi connectivity index (χ3n) is 2.53. The van der Waals surface area contributed by atoms with E-state index in [-0.39, 0.29) is 6.03 Å². The van der Waals surface area contributed by atoms with Gasteiger partial charge >= 0.3 is 12.0 Å². The number of thioether (sulfide) groups is 1.